The number of methoxy groups -OCH3 is 2. The minimum atomic E-state index is -1.57. The molecule has 0 aliphatic carbocycles. The fourth-order valence-electron chi connectivity index (χ4n) is 6.79. The minimum Gasteiger partial charge on any atom is -0.493 e. The molecule has 1 unspecified atom stereocenters. The summed E-state index contributed by atoms with van der Waals surface area (Å²) in [4.78, 5) is 27.2. The van der Waals surface area contributed by atoms with E-state index in [0.29, 0.717) is 61.1 Å². The monoisotopic (exact) mass is 719 g/mol. The van der Waals surface area contributed by atoms with Crippen molar-refractivity contribution in [3.63, 3.8) is 0 Å². The van der Waals surface area contributed by atoms with Gasteiger partial charge in [-0.05, 0) is 36.4 Å². The van der Waals surface area contributed by atoms with E-state index in [1.807, 2.05) is 140 Å². The molecule has 0 bridgehead atoms. The number of hydrogen-bond donors (Lipinski definition) is 0. The van der Waals surface area contributed by atoms with Crippen molar-refractivity contribution in [2.24, 2.45) is 20.0 Å². The Labute approximate surface area is 311 Å². The van der Waals surface area contributed by atoms with E-state index in [9.17, 15) is 0 Å². The zero-order valence-electron chi connectivity index (χ0n) is 28.2. The Balaban J connectivity index is 1.54. The first kappa shape index (κ1) is 33.3. The van der Waals surface area contributed by atoms with Gasteiger partial charge in [-0.3, -0.25) is 4.98 Å². The van der Waals surface area contributed by atoms with Crippen LogP contribution < -0.4 is 9.47 Å². The Hall–Kier alpha value is -5.89. The van der Waals surface area contributed by atoms with Gasteiger partial charge in [0, 0.05) is 50.8 Å². The zero-order chi connectivity index (χ0) is 35.7. The summed E-state index contributed by atoms with van der Waals surface area (Å²) < 4.78 is 11.3. The second-order valence-corrected chi connectivity index (χ2v) is 13.0. The van der Waals surface area contributed by atoms with E-state index in [1.54, 1.807) is 26.6 Å². The van der Waals surface area contributed by atoms with E-state index in [-0.39, 0.29) is 0 Å². The molecule has 8 rings (SSSR count). The van der Waals surface area contributed by atoms with Gasteiger partial charge in [0.2, 0.25) is 11.3 Å². The summed E-state index contributed by atoms with van der Waals surface area (Å²) in [6.07, 6.45) is 3.49. The summed E-state index contributed by atoms with van der Waals surface area (Å²) in [6.45, 7) is 0. The summed E-state index contributed by atoms with van der Waals surface area (Å²) >= 11 is 14.2. The minimum absolute atomic E-state index is 0.462. The molecule has 0 spiro atoms. The SMILES string of the molecule is COc1ccc(C2=NC(c3cccnc3)(C3(c4ccccc4Cl)N=C(c4ccccc4)C(c4ccccc4)=N3)N=C2c2ccccc2Cl)cc1OC. The number of halogens is 2. The molecule has 3 heterocycles. The highest BCUT2D eigenvalue weighted by Gasteiger charge is 2.61. The maximum atomic E-state index is 7.21. The second kappa shape index (κ2) is 13.7. The highest BCUT2D eigenvalue weighted by atomic mass is 35.5. The van der Waals surface area contributed by atoms with Crippen LogP contribution in [0.4, 0.5) is 0 Å². The topological polar surface area (TPSA) is 80.8 Å². The van der Waals surface area contributed by atoms with Crippen LogP contribution in [0.3, 0.4) is 0 Å². The molecule has 0 amide bonds. The van der Waals surface area contributed by atoms with E-state index >= 15 is 0 Å². The average molecular weight is 721 g/mol. The predicted octanol–water partition coefficient (Wildman–Crippen LogP) is 9.40. The normalized spacial score (nSPS) is 17.5. The number of nitrogens with zero attached hydrogens (tertiary/aromatic N) is 5. The van der Waals surface area contributed by atoms with Gasteiger partial charge < -0.3 is 9.47 Å². The lowest BCUT2D eigenvalue weighted by Gasteiger charge is -2.38. The van der Waals surface area contributed by atoms with Gasteiger partial charge in [0.1, 0.15) is 0 Å². The highest BCUT2D eigenvalue weighted by molar-refractivity contribution is 6.57. The zero-order valence-corrected chi connectivity index (χ0v) is 29.8. The maximum absolute atomic E-state index is 7.21. The first-order valence-corrected chi connectivity index (χ1v) is 17.4. The molecule has 1 atom stereocenters. The average Bonchev–Trinajstić information content (AvgIpc) is 3.82. The molecule has 9 heteroatoms. The van der Waals surface area contributed by atoms with Crippen LogP contribution in [0.2, 0.25) is 10.0 Å². The van der Waals surface area contributed by atoms with Crippen molar-refractivity contribution in [1.29, 1.82) is 0 Å². The van der Waals surface area contributed by atoms with Crippen molar-refractivity contribution in [2.45, 2.75) is 11.3 Å². The Morgan fingerprint density at radius 1 is 0.481 bits per heavy atom. The molecule has 52 heavy (non-hydrogen) atoms. The van der Waals surface area contributed by atoms with Gasteiger partial charge >= 0.3 is 0 Å². The Bertz CT molecular complexity index is 2360. The molecular formula is C43H31Cl2N5O2. The first-order chi connectivity index (χ1) is 25.5. The standard InChI is InChI=1S/C43H31Cl2N5O2/c1-51-36-24-23-30(26-37(36)52-2)40-41(32-19-9-11-21-34(32)44)50-42(47-40,31-18-13-25-46-27-31)43(33-20-10-12-22-35(33)45)48-38(28-14-5-3-6-15-28)39(49-43)29-16-7-4-8-17-29/h3-27H,1-2H3. The molecule has 0 saturated carbocycles. The van der Waals surface area contributed by atoms with Crippen molar-refractivity contribution in [3.8, 4) is 11.5 Å². The number of aliphatic imine (C=N–C) groups is 4. The number of rotatable bonds is 9. The van der Waals surface area contributed by atoms with E-state index in [4.69, 9.17) is 52.6 Å². The Morgan fingerprint density at radius 2 is 1.04 bits per heavy atom. The van der Waals surface area contributed by atoms with Crippen LogP contribution in [-0.4, -0.2) is 42.1 Å². The van der Waals surface area contributed by atoms with Crippen molar-refractivity contribution in [1.82, 2.24) is 4.98 Å². The molecule has 0 radical (unpaired) electrons. The quantitative estimate of drug-likeness (QED) is 0.149. The first-order valence-electron chi connectivity index (χ1n) is 16.6. The largest absolute Gasteiger partial charge is 0.493 e. The molecule has 1 aromatic heterocycles. The summed E-state index contributed by atoms with van der Waals surface area (Å²) in [5.74, 6) is 1.12. The molecule has 0 saturated heterocycles. The molecule has 7 nitrogen and oxygen atoms in total. The van der Waals surface area contributed by atoms with E-state index < -0.39 is 11.3 Å². The Morgan fingerprint density at radius 3 is 1.63 bits per heavy atom. The number of aromatic nitrogens is 1. The molecular weight excluding hydrogens is 689 g/mol. The molecule has 254 valence electrons. The highest BCUT2D eigenvalue weighted by Crippen LogP contribution is 2.56. The van der Waals surface area contributed by atoms with Crippen LogP contribution in [-0.2, 0) is 11.3 Å². The summed E-state index contributed by atoms with van der Waals surface area (Å²) in [6, 6.07) is 44.7. The molecule has 2 aliphatic rings. The third-order valence-corrected chi connectivity index (χ3v) is 9.88. The number of pyridine rings is 1. The lowest BCUT2D eigenvalue weighted by molar-refractivity contribution is 0.256. The Kier molecular flexibility index (Phi) is 8.75. The van der Waals surface area contributed by atoms with Crippen molar-refractivity contribution in [3.05, 3.63) is 195 Å². The maximum Gasteiger partial charge on any atom is 0.227 e. The van der Waals surface area contributed by atoms with Crippen LogP contribution >= 0.6 is 23.2 Å². The van der Waals surface area contributed by atoms with E-state index in [0.717, 1.165) is 16.7 Å². The summed E-state index contributed by atoms with van der Waals surface area (Å²) in [5.41, 5.74) is 3.81. The molecule has 0 fully saturated rings. The summed E-state index contributed by atoms with van der Waals surface area (Å²) in [5, 5.41) is 0.973. The summed E-state index contributed by atoms with van der Waals surface area (Å²) in [7, 11) is 3.21. The van der Waals surface area contributed by atoms with Crippen LogP contribution in [0, 0.1) is 0 Å². The lowest BCUT2D eigenvalue weighted by Crippen LogP contribution is -2.43. The van der Waals surface area contributed by atoms with E-state index in [1.165, 1.54) is 0 Å². The third-order valence-electron chi connectivity index (χ3n) is 9.22. The predicted molar refractivity (Wildman–Crippen MR) is 209 cm³/mol. The van der Waals surface area contributed by atoms with Crippen LogP contribution in [0.1, 0.15) is 33.4 Å². The smallest absolute Gasteiger partial charge is 0.227 e. The second-order valence-electron chi connectivity index (χ2n) is 12.2. The fraction of sp³-hybridized carbons (Fsp3) is 0.0930. The van der Waals surface area contributed by atoms with Gasteiger partial charge in [-0.2, -0.15) is 0 Å². The molecule has 5 aromatic carbocycles. The van der Waals surface area contributed by atoms with Gasteiger partial charge in [0.05, 0.1) is 42.1 Å². The lowest BCUT2D eigenvalue weighted by atomic mass is 9.82. The number of benzene rings is 5. The third kappa shape index (κ3) is 5.50. The van der Waals surface area contributed by atoms with Crippen molar-refractivity contribution >= 4 is 46.0 Å². The number of hydrogen-bond acceptors (Lipinski definition) is 7. The fourth-order valence-corrected chi connectivity index (χ4v) is 7.29. The van der Waals surface area contributed by atoms with Gasteiger partial charge in [0.15, 0.2) is 11.5 Å². The van der Waals surface area contributed by atoms with Gasteiger partial charge in [-0.1, -0.05) is 126 Å². The van der Waals surface area contributed by atoms with Crippen LogP contribution in [0.25, 0.3) is 0 Å². The molecule has 0 N–H and O–H groups in total. The van der Waals surface area contributed by atoms with Gasteiger partial charge in [0.25, 0.3) is 0 Å². The molecule has 2 aliphatic heterocycles. The van der Waals surface area contributed by atoms with E-state index in [2.05, 4.69) is 4.98 Å². The molecule has 6 aromatic rings. The van der Waals surface area contributed by atoms with Crippen LogP contribution in [0.15, 0.2) is 172 Å². The van der Waals surface area contributed by atoms with Gasteiger partial charge in [-0.15, -0.1) is 0 Å². The van der Waals surface area contributed by atoms with Crippen molar-refractivity contribution < 1.29 is 9.47 Å². The van der Waals surface area contributed by atoms with Crippen molar-refractivity contribution in [2.75, 3.05) is 14.2 Å². The number of ether oxygens (including phenoxy) is 2. The van der Waals surface area contributed by atoms with Crippen LogP contribution in [0.5, 0.6) is 11.5 Å². The van der Waals surface area contributed by atoms with Gasteiger partial charge in [-0.25, -0.2) is 20.0 Å².